The number of methoxy groups -OCH3 is 2. The standard InChI is InChI=1S/C29H37N3O4/c1-35-25-10-8-22(9-11-25)18-31-17-14-29(27(31)33)12-15-30(16-13-29)19-24-20-32(28(34)36-2)21-26(24)23-6-4-3-5-7-23/h3-11,24,26H,12-21H2,1-2H3/t24-,26+/m0/s1. The van der Waals surface area contributed by atoms with Crippen LogP contribution in [-0.2, 0) is 16.1 Å². The van der Waals surface area contributed by atoms with Crippen molar-refractivity contribution in [1.29, 1.82) is 0 Å². The van der Waals surface area contributed by atoms with Gasteiger partial charge < -0.3 is 24.2 Å². The summed E-state index contributed by atoms with van der Waals surface area (Å²) in [5.41, 5.74) is 2.21. The zero-order valence-corrected chi connectivity index (χ0v) is 21.4. The van der Waals surface area contributed by atoms with Crippen LogP contribution in [-0.4, -0.2) is 80.2 Å². The molecule has 3 aliphatic rings. The molecule has 0 aliphatic carbocycles. The van der Waals surface area contributed by atoms with E-state index in [0.717, 1.165) is 56.8 Å². The van der Waals surface area contributed by atoms with E-state index in [1.807, 2.05) is 40.1 Å². The molecule has 192 valence electrons. The maximum absolute atomic E-state index is 13.5. The van der Waals surface area contributed by atoms with E-state index < -0.39 is 0 Å². The average molecular weight is 492 g/mol. The Morgan fingerprint density at radius 2 is 1.64 bits per heavy atom. The Balaban J connectivity index is 1.19. The molecule has 7 nitrogen and oxygen atoms in total. The largest absolute Gasteiger partial charge is 0.497 e. The Morgan fingerprint density at radius 1 is 0.944 bits per heavy atom. The van der Waals surface area contributed by atoms with Gasteiger partial charge in [-0.2, -0.15) is 0 Å². The predicted molar refractivity (Wildman–Crippen MR) is 138 cm³/mol. The SMILES string of the molecule is COC(=O)N1C[C@H](CN2CCC3(CC2)CCN(Cc2ccc(OC)cc2)C3=O)[C@@H](c2ccccc2)C1. The summed E-state index contributed by atoms with van der Waals surface area (Å²) in [6.07, 6.45) is 2.52. The number of likely N-dealkylation sites (tertiary alicyclic amines) is 3. The van der Waals surface area contributed by atoms with Crippen molar-refractivity contribution in [3.05, 3.63) is 65.7 Å². The molecule has 36 heavy (non-hydrogen) atoms. The van der Waals surface area contributed by atoms with Crippen molar-refractivity contribution < 1.29 is 19.1 Å². The molecule has 2 aromatic carbocycles. The van der Waals surface area contributed by atoms with E-state index in [1.54, 1.807) is 7.11 Å². The van der Waals surface area contributed by atoms with Crippen molar-refractivity contribution in [2.75, 3.05) is 53.5 Å². The molecule has 3 fully saturated rings. The van der Waals surface area contributed by atoms with Gasteiger partial charge in [0, 0.05) is 38.6 Å². The highest BCUT2D eigenvalue weighted by molar-refractivity contribution is 5.85. The number of carbonyl (C=O) groups excluding carboxylic acids is 2. The van der Waals surface area contributed by atoms with Crippen molar-refractivity contribution in [1.82, 2.24) is 14.7 Å². The molecule has 2 amide bonds. The predicted octanol–water partition coefficient (Wildman–Crippen LogP) is 3.99. The topological polar surface area (TPSA) is 62.3 Å². The van der Waals surface area contributed by atoms with Gasteiger partial charge >= 0.3 is 6.09 Å². The first kappa shape index (κ1) is 24.6. The van der Waals surface area contributed by atoms with E-state index in [4.69, 9.17) is 9.47 Å². The summed E-state index contributed by atoms with van der Waals surface area (Å²) >= 11 is 0. The lowest BCUT2D eigenvalue weighted by Gasteiger charge is -2.39. The van der Waals surface area contributed by atoms with Crippen molar-refractivity contribution in [2.24, 2.45) is 11.3 Å². The molecule has 2 atom stereocenters. The monoisotopic (exact) mass is 491 g/mol. The lowest BCUT2D eigenvalue weighted by atomic mass is 9.76. The van der Waals surface area contributed by atoms with E-state index in [2.05, 4.69) is 29.2 Å². The van der Waals surface area contributed by atoms with Crippen LogP contribution in [0.1, 0.15) is 36.3 Å². The fourth-order valence-electron chi connectivity index (χ4n) is 6.37. The number of piperidine rings is 1. The summed E-state index contributed by atoms with van der Waals surface area (Å²) in [7, 11) is 3.12. The van der Waals surface area contributed by atoms with Gasteiger partial charge in [-0.05, 0) is 61.5 Å². The minimum atomic E-state index is -0.246. The number of amides is 2. The van der Waals surface area contributed by atoms with Gasteiger partial charge in [-0.25, -0.2) is 4.79 Å². The minimum absolute atomic E-state index is 0.213. The molecule has 5 rings (SSSR count). The minimum Gasteiger partial charge on any atom is -0.497 e. The molecule has 0 N–H and O–H groups in total. The third-order valence-electron chi connectivity index (χ3n) is 8.54. The molecule has 3 heterocycles. The molecular weight excluding hydrogens is 454 g/mol. The highest BCUT2D eigenvalue weighted by Gasteiger charge is 2.48. The highest BCUT2D eigenvalue weighted by atomic mass is 16.5. The van der Waals surface area contributed by atoms with Crippen LogP contribution >= 0.6 is 0 Å². The lowest BCUT2D eigenvalue weighted by Crippen LogP contribution is -2.46. The maximum Gasteiger partial charge on any atom is 0.409 e. The molecule has 0 bridgehead atoms. The van der Waals surface area contributed by atoms with E-state index in [9.17, 15) is 9.59 Å². The first-order valence-electron chi connectivity index (χ1n) is 13.0. The second-order valence-corrected chi connectivity index (χ2v) is 10.6. The average Bonchev–Trinajstić information content (AvgIpc) is 3.47. The van der Waals surface area contributed by atoms with Crippen LogP contribution in [0.2, 0.25) is 0 Å². The zero-order chi connectivity index (χ0) is 25.1. The molecule has 0 radical (unpaired) electrons. The third-order valence-corrected chi connectivity index (χ3v) is 8.54. The molecule has 3 aliphatic heterocycles. The third kappa shape index (κ3) is 4.94. The van der Waals surface area contributed by atoms with Crippen LogP contribution in [0, 0.1) is 11.3 Å². The summed E-state index contributed by atoms with van der Waals surface area (Å²) in [4.78, 5) is 32.1. The van der Waals surface area contributed by atoms with Gasteiger partial charge in [-0.3, -0.25) is 4.79 Å². The number of hydrogen-bond donors (Lipinski definition) is 0. The molecule has 0 aromatic heterocycles. The number of ether oxygens (including phenoxy) is 2. The van der Waals surface area contributed by atoms with Gasteiger partial charge in [0.05, 0.1) is 19.6 Å². The Labute approximate surface area is 214 Å². The Morgan fingerprint density at radius 3 is 2.31 bits per heavy atom. The van der Waals surface area contributed by atoms with Crippen molar-refractivity contribution in [2.45, 2.75) is 31.7 Å². The highest BCUT2D eigenvalue weighted by Crippen LogP contribution is 2.43. The van der Waals surface area contributed by atoms with Gasteiger partial charge in [-0.1, -0.05) is 42.5 Å². The number of benzene rings is 2. The number of hydrogen-bond acceptors (Lipinski definition) is 5. The van der Waals surface area contributed by atoms with Crippen molar-refractivity contribution in [3.8, 4) is 5.75 Å². The normalized spacial score (nSPS) is 23.9. The van der Waals surface area contributed by atoms with Crippen LogP contribution in [0.4, 0.5) is 4.79 Å². The van der Waals surface area contributed by atoms with E-state index in [1.165, 1.54) is 12.7 Å². The van der Waals surface area contributed by atoms with Gasteiger partial charge in [0.2, 0.25) is 5.91 Å². The van der Waals surface area contributed by atoms with Crippen LogP contribution in [0.5, 0.6) is 5.75 Å². The summed E-state index contributed by atoms with van der Waals surface area (Å²) in [6, 6.07) is 18.5. The Kier molecular flexibility index (Phi) is 7.19. The number of rotatable bonds is 6. The lowest BCUT2D eigenvalue weighted by molar-refractivity contribution is -0.139. The quantitative estimate of drug-likeness (QED) is 0.612. The van der Waals surface area contributed by atoms with Gasteiger partial charge in [0.1, 0.15) is 5.75 Å². The Hall–Kier alpha value is -3.06. The summed E-state index contributed by atoms with van der Waals surface area (Å²) < 4.78 is 10.3. The van der Waals surface area contributed by atoms with Crippen molar-refractivity contribution in [3.63, 3.8) is 0 Å². The molecule has 3 saturated heterocycles. The molecule has 0 saturated carbocycles. The summed E-state index contributed by atoms with van der Waals surface area (Å²) in [6.45, 7) is 5.69. The van der Waals surface area contributed by atoms with E-state index in [-0.39, 0.29) is 11.5 Å². The molecule has 7 heteroatoms. The van der Waals surface area contributed by atoms with Crippen LogP contribution < -0.4 is 4.74 Å². The Bertz CT molecular complexity index is 1050. The van der Waals surface area contributed by atoms with Crippen LogP contribution in [0.15, 0.2) is 54.6 Å². The summed E-state index contributed by atoms with van der Waals surface area (Å²) in [5, 5.41) is 0. The fourth-order valence-corrected chi connectivity index (χ4v) is 6.37. The molecule has 2 aromatic rings. The number of carbonyl (C=O) groups is 2. The van der Waals surface area contributed by atoms with Crippen LogP contribution in [0.25, 0.3) is 0 Å². The molecular formula is C29H37N3O4. The second kappa shape index (κ2) is 10.5. The summed E-state index contributed by atoms with van der Waals surface area (Å²) in [5.74, 6) is 1.81. The molecule has 0 unspecified atom stereocenters. The van der Waals surface area contributed by atoms with Crippen molar-refractivity contribution >= 4 is 12.0 Å². The first-order chi connectivity index (χ1) is 17.5. The first-order valence-corrected chi connectivity index (χ1v) is 13.0. The van der Waals surface area contributed by atoms with Crippen LogP contribution in [0.3, 0.4) is 0 Å². The van der Waals surface area contributed by atoms with Gasteiger partial charge in [0.15, 0.2) is 0 Å². The molecule has 1 spiro atoms. The number of nitrogens with zero attached hydrogens (tertiary/aromatic N) is 3. The zero-order valence-electron chi connectivity index (χ0n) is 21.4. The van der Waals surface area contributed by atoms with Gasteiger partial charge in [0.25, 0.3) is 0 Å². The van der Waals surface area contributed by atoms with E-state index in [0.29, 0.717) is 37.4 Å². The smallest absolute Gasteiger partial charge is 0.409 e. The fraction of sp³-hybridized carbons (Fsp3) is 0.517. The maximum atomic E-state index is 13.5. The second-order valence-electron chi connectivity index (χ2n) is 10.6. The van der Waals surface area contributed by atoms with Gasteiger partial charge in [-0.15, -0.1) is 0 Å². The van der Waals surface area contributed by atoms with E-state index >= 15 is 0 Å².